The molecule has 2 rings (SSSR count). The van der Waals surface area contributed by atoms with Crippen LogP contribution in [0.5, 0.6) is 0 Å². The number of aliphatic hydroxyl groups excluding tert-OH is 1. The van der Waals surface area contributed by atoms with E-state index in [0.717, 1.165) is 31.4 Å². The first-order valence-electron chi connectivity index (χ1n) is 6.73. The third-order valence-electron chi connectivity index (χ3n) is 3.67. The number of piperidine rings is 1. The molecule has 1 heterocycles. The van der Waals surface area contributed by atoms with Crippen molar-refractivity contribution >= 4 is 5.91 Å². The Morgan fingerprint density at radius 3 is 2.72 bits per heavy atom. The van der Waals surface area contributed by atoms with Crippen LogP contribution < -0.4 is 0 Å². The van der Waals surface area contributed by atoms with Crippen LogP contribution in [0.3, 0.4) is 0 Å². The summed E-state index contributed by atoms with van der Waals surface area (Å²) in [6.45, 7) is 3.78. The highest BCUT2D eigenvalue weighted by atomic mass is 16.3. The second-order valence-corrected chi connectivity index (χ2v) is 4.99. The molecule has 0 aromatic heterocycles. The second-order valence-electron chi connectivity index (χ2n) is 4.99. The van der Waals surface area contributed by atoms with Crippen molar-refractivity contribution in [2.45, 2.75) is 26.2 Å². The van der Waals surface area contributed by atoms with E-state index in [1.807, 2.05) is 29.2 Å². The van der Waals surface area contributed by atoms with Crippen LogP contribution in [0.2, 0.25) is 0 Å². The first-order valence-corrected chi connectivity index (χ1v) is 6.73. The smallest absolute Gasteiger partial charge is 0.253 e. The Morgan fingerprint density at radius 2 is 2.11 bits per heavy atom. The summed E-state index contributed by atoms with van der Waals surface area (Å²) in [5.74, 6) is 0.341. The number of carbonyl (C=O) groups excluding carboxylic acids is 1. The van der Waals surface area contributed by atoms with Crippen molar-refractivity contribution < 1.29 is 9.90 Å². The van der Waals surface area contributed by atoms with Gasteiger partial charge in [-0.15, -0.1) is 0 Å². The zero-order valence-corrected chi connectivity index (χ0v) is 10.9. The zero-order valence-electron chi connectivity index (χ0n) is 10.9. The molecule has 1 aliphatic rings. The maximum atomic E-state index is 12.3. The molecular formula is C15H21NO2. The maximum Gasteiger partial charge on any atom is 0.253 e. The molecule has 0 spiro atoms. The molecule has 1 N–H and O–H groups in total. The lowest BCUT2D eigenvalue weighted by Crippen LogP contribution is -2.40. The normalized spacial score (nSPS) is 19.9. The summed E-state index contributed by atoms with van der Waals surface area (Å²) in [5.41, 5.74) is 2.00. The Bertz CT molecular complexity index is 399. The monoisotopic (exact) mass is 247 g/mol. The Morgan fingerprint density at radius 1 is 1.39 bits per heavy atom. The number of rotatable bonds is 3. The molecule has 3 heteroatoms. The minimum Gasteiger partial charge on any atom is -0.396 e. The van der Waals surface area contributed by atoms with E-state index in [2.05, 4.69) is 6.92 Å². The number of hydrogen-bond acceptors (Lipinski definition) is 2. The van der Waals surface area contributed by atoms with Gasteiger partial charge in [-0.25, -0.2) is 0 Å². The third kappa shape index (κ3) is 2.91. The number of amides is 1. The maximum absolute atomic E-state index is 12.3. The van der Waals surface area contributed by atoms with Crippen LogP contribution in [-0.2, 0) is 6.42 Å². The molecule has 98 valence electrons. The molecule has 1 amide bonds. The van der Waals surface area contributed by atoms with Gasteiger partial charge in [0.2, 0.25) is 0 Å². The van der Waals surface area contributed by atoms with E-state index in [1.165, 1.54) is 5.56 Å². The van der Waals surface area contributed by atoms with Crippen molar-refractivity contribution in [3.05, 3.63) is 35.4 Å². The van der Waals surface area contributed by atoms with Gasteiger partial charge < -0.3 is 10.0 Å². The van der Waals surface area contributed by atoms with Gasteiger partial charge >= 0.3 is 0 Å². The second kappa shape index (κ2) is 6.01. The predicted molar refractivity (Wildman–Crippen MR) is 71.5 cm³/mol. The van der Waals surface area contributed by atoms with Gasteiger partial charge in [0.1, 0.15) is 0 Å². The molecular weight excluding hydrogens is 226 g/mol. The van der Waals surface area contributed by atoms with Gasteiger partial charge in [0.05, 0.1) is 0 Å². The molecule has 0 aliphatic carbocycles. The van der Waals surface area contributed by atoms with Gasteiger partial charge in [-0.1, -0.05) is 19.1 Å². The van der Waals surface area contributed by atoms with E-state index in [4.69, 9.17) is 0 Å². The third-order valence-corrected chi connectivity index (χ3v) is 3.67. The minimum atomic E-state index is 0.0933. The topological polar surface area (TPSA) is 40.5 Å². The van der Waals surface area contributed by atoms with E-state index in [-0.39, 0.29) is 18.4 Å². The molecule has 0 radical (unpaired) electrons. The van der Waals surface area contributed by atoms with Crippen molar-refractivity contribution in [2.24, 2.45) is 5.92 Å². The average Bonchev–Trinajstić information content (AvgIpc) is 2.46. The number of nitrogens with zero attached hydrogens (tertiary/aromatic N) is 1. The van der Waals surface area contributed by atoms with Crippen molar-refractivity contribution in [3.8, 4) is 0 Å². The highest BCUT2D eigenvalue weighted by Crippen LogP contribution is 2.18. The van der Waals surface area contributed by atoms with Gasteiger partial charge in [0.25, 0.3) is 5.91 Å². The molecule has 1 aromatic carbocycles. The summed E-state index contributed by atoms with van der Waals surface area (Å²) in [5, 5.41) is 9.19. The number of hydrogen-bond donors (Lipinski definition) is 1. The van der Waals surface area contributed by atoms with Gasteiger partial charge in [-0.2, -0.15) is 0 Å². The van der Waals surface area contributed by atoms with Crippen LogP contribution >= 0.6 is 0 Å². The van der Waals surface area contributed by atoms with Crippen LogP contribution in [0, 0.1) is 5.92 Å². The van der Waals surface area contributed by atoms with Gasteiger partial charge in [0.15, 0.2) is 0 Å². The van der Waals surface area contributed by atoms with E-state index in [9.17, 15) is 9.90 Å². The Kier molecular flexibility index (Phi) is 4.37. The fourth-order valence-electron chi connectivity index (χ4n) is 2.46. The van der Waals surface area contributed by atoms with E-state index in [0.29, 0.717) is 6.54 Å². The number of aliphatic hydroxyl groups is 1. The van der Waals surface area contributed by atoms with Crippen molar-refractivity contribution in [3.63, 3.8) is 0 Å². The highest BCUT2D eigenvalue weighted by molar-refractivity contribution is 5.94. The van der Waals surface area contributed by atoms with Crippen LogP contribution in [0.4, 0.5) is 0 Å². The van der Waals surface area contributed by atoms with E-state index in [1.54, 1.807) is 0 Å². The van der Waals surface area contributed by atoms with Gasteiger partial charge in [0, 0.05) is 25.3 Å². The van der Waals surface area contributed by atoms with Gasteiger partial charge in [-0.05, 0) is 42.9 Å². The summed E-state index contributed by atoms with van der Waals surface area (Å²) in [6.07, 6.45) is 3.00. The largest absolute Gasteiger partial charge is 0.396 e. The van der Waals surface area contributed by atoms with Crippen molar-refractivity contribution in [1.29, 1.82) is 0 Å². The molecule has 3 nitrogen and oxygen atoms in total. The molecule has 0 bridgehead atoms. The molecule has 18 heavy (non-hydrogen) atoms. The highest BCUT2D eigenvalue weighted by Gasteiger charge is 2.23. The molecule has 1 saturated heterocycles. The number of benzene rings is 1. The minimum absolute atomic E-state index is 0.0933. The van der Waals surface area contributed by atoms with Crippen LogP contribution in [0.25, 0.3) is 0 Å². The Labute approximate surface area is 108 Å². The summed E-state index contributed by atoms with van der Waals surface area (Å²) in [6, 6.07) is 7.84. The summed E-state index contributed by atoms with van der Waals surface area (Å²) < 4.78 is 0. The number of aryl methyl sites for hydroxylation is 1. The van der Waals surface area contributed by atoms with Crippen molar-refractivity contribution in [1.82, 2.24) is 4.90 Å². The lowest BCUT2D eigenvalue weighted by Gasteiger charge is -2.31. The number of likely N-dealkylation sites (tertiary alicyclic amines) is 1. The molecule has 1 atom stereocenters. The summed E-state index contributed by atoms with van der Waals surface area (Å²) >= 11 is 0. The Balaban J connectivity index is 2.05. The Hall–Kier alpha value is -1.35. The predicted octanol–water partition coefficient (Wildman–Crippen LogP) is 2.09. The van der Waals surface area contributed by atoms with Crippen LogP contribution in [-0.4, -0.2) is 35.6 Å². The molecule has 1 unspecified atom stereocenters. The molecule has 1 aromatic rings. The summed E-state index contributed by atoms with van der Waals surface area (Å²) in [4.78, 5) is 14.2. The standard InChI is InChI=1S/C15H21NO2/c1-2-12-5-7-14(8-6-12)15(18)16-9-3-4-13(10-16)11-17/h5-8,13,17H,2-4,9-11H2,1H3. The van der Waals surface area contributed by atoms with Crippen molar-refractivity contribution in [2.75, 3.05) is 19.7 Å². The quantitative estimate of drug-likeness (QED) is 0.888. The fourth-order valence-corrected chi connectivity index (χ4v) is 2.46. The molecule has 0 saturated carbocycles. The lowest BCUT2D eigenvalue weighted by atomic mass is 9.98. The fraction of sp³-hybridized carbons (Fsp3) is 0.533. The SMILES string of the molecule is CCc1ccc(C(=O)N2CCCC(CO)C2)cc1. The van der Waals surface area contributed by atoms with E-state index >= 15 is 0 Å². The molecule has 1 aliphatic heterocycles. The first-order chi connectivity index (χ1) is 8.74. The first kappa shape index (κ1) is 13.1. The van der Waals surface area contributed by atoms with Crippen LogP contribution in [0.1, 0.15) is 35.7 Å². The van der Waals surface area contributed by atoms with Crippen LogP contribution in [0.15, 0.2) is 24.3 Å². The lowest BCUT2D eigenvalue weighted by molar-refractivity contribution is 0.0620. The van der Waals surface area contributed by atoms with Gasteiger partial charge in [-0.3, -0.25) is 4.79 Å². The zero-order chi connectivity index (χ0) is 13.0. The number of carbonyl (C=O) groups is 1. The average molecular weight is 247 g/mol. The van der Waals surface area contributed by atoms with E-state index < -0.39 is 0 Å². The molecule has 1 fully saturated rings. The summed E-state index contributed by atoms with van der Waals surface area (Å²) in [7, 11) is 0.